The lowest BCUT2D eigenvalue weighted by molar-refractivity contribution is -0.120. The molecule has 0 aliphatic carbocycles. The quantitative estimate of drug-likeness (QED) is 0.538. The Labute approximate surface area is 195 Å². The number of carbonyl (C=O) groups excluding carboxylic acids is 2. The van der Waals surface area contributed by atoms with Gasteiger partial charge >= 0.3 is 0 Å². The number of imide groups is 1. The maximum Gasteiger partial charge on any atom is 0.282 e. The van der Waals surface area contributed by atoms with Crippen molar-refractivity contribution in [2.24, 2.45) is 0 Å². The molecule has 1 N–H and O–H groups in total. The lowest BCUT2D eigenvalue weighted by Crippen LogP contribution is -2.32. The Bertz CT molecular complexity index is 1200. The van der Waals surface area contributed by atoms with E-state index in [9.17, 15) is 9.59 Å². The van der Waals surface area contributed by atoms with E-state index in [1.54, 1.807) is 0 Å². The molecule has 3 aromatic carbocycles. The molecular weight excluding hydrogens is 410 g/mol. The second-order valence-corrected chi connectivity index (χ2v) is 9.42. The Kier molecular flexibility index (Phi) is 5.81. The Balaban J connectivity index is 1.73. The minimum absolute atomic E-state index is 0.0174. The highest BCUT2D eigenvalue weighted by Crippen LogP contribution is 2.35. The first-order chi connectivity index (χ1) is 15.7. The van der Waals surface area contributed by atoms with E-state index in [4.69, 9.17) is 0 Å². The monoisotopic (exact) mass is 439 g/mol. The van der Waals surface area contributed by atoms with Gasteiger partial charge in [-0.05, 0) is 52.9 Å². The summed E-state index contributed by atoms with van der Waals surface area (Å²) in [6, 6.07) is 24.7. The number of nitrogens with zero attached hydrogens (tertiary/aromatic N) is 2. The van der Waals surface area contributed by atoms with E-state index in [0.717, 1.165) is 16.9 Å². The average Bonchev–Trinajstić information content (AvgIpc) is 3.03. The fourth-order valence-corrected chi connectivity index (χ4v) is 3.85. The second kappa shape index (κ2) is 8.58. The summed E-state index contributed by atoms with van der Waals surface area (Å²) in [5.74, 6) is -0.693. The van der Waals surface area contributed by atoms with Gasteiger partial charge in [0.05, 0.1) is 11.3 Å². The van der Waals surface area contributed by atoms with Gasteiger partial charge in [-0.25, -0.2) is 4.90 Å². The summed E-state index contributed by atoms with van der Waals surface area (Å²) in [4.78, 5) is 30.3. The number of anilines is 3. The van der Waals surface area contributed by atoms with Crippen LogP contribution in [0.4, 0.5) is 17.1 Å². The van der Waals surface area contributed by atoms with Crippen LogP contribution in [-0.2, 0) is 15.0 Å². The van der Waals surface area contributed by atoms with Gasteiger partial charge < -0.3 is 10.2 Å². The molecule has 0 saturated carbocycles. The molecule has 5 heteroatoms. The highest BCUT2D eigenvalue weighted by atomic mass is 16.2. The van der Waals surface area contributed by atoms with Gasteiger partial charge in [0.15, 0.2) is 0 Å². The largest absolute Gasteiger partial charge is 0.378 e. The number of nitrogens with one attached hydrogen (secondary N) is 1. The summed E-state index contributed by atoms with van der Waals surface area (Å²) < 4.78 is 0. The highest BCUT2D eigenvalue weighted by Gasteiger charge is 2.40. The van der Waals surface area contributed by atoms with Crippen molar-refractivity contribution >= 4 is 34.4 Å². The molecule has 0 saturated heterocycles. The van der Waals surface area contributed by atoms with E-state index in [-0.39, 0.29) is 22.9 Å². The predicted molar refractivity (Wildman–Crippen MR) is 135 cm³/mol. The second-order valence-electron chi connectivity index (χ2n) is 9.42. The van der Waals surface area contributed by atoms with Crippen molar-refractivity contribution < 1.29 is 9.59 Å². The number of amides is 2. The van der Waals surface area contributed by atoms with Gasteiger partial charge in [0.2, 0.25) is 0 Å². The van der Waals surface area contributed by atoms with Crippen molar-refractivity contribution in [1.29, 1.82) is 0 Å². The summed E-state index contributed by atoms with van der Waals surface area (Å²) in [6.45, 7) is 6.40. The van der Waals surface area contributed by atoms with Gasteiger partial charge in [-0.2, -0.15) is 0 Å². The minimum Gasteiger partial charge on any atom is -0.378 e. The molecule has 0 atom stereocenters. The molecule has 1 aliphatic rings. The molecule has 4 rings (SSSR count). The molecule has 0 radical (unpaired) electrons. The van der Waals surface area contributed by atoms with Crippen molar-refractivity contribution in [3.8, 4) is 0 Å². The molecule has 0 aromatic heterocycles. The molecule has 0 spiro atoms. The maximum absolute atomic E-state index is 13.5. The third-order valence-corrected chi connectivity index (χ3v) is 5.79. The van der Waals surface area contributed by atoms with Gasteiger partial charge in [-0.1, -0.05) is 63.2 Å². The first-order valence-corrected chi connectivity index (χ1v) is 11.0. The van der Waals surface area contributed by atoms with Crippen LogP contribution in [0.2, 0.25) is 0 Å². The Hall–Kier alpha value is -3.86. The average molecular weight is 440 g/mol. The van der Waals surface area contributed by atoms with Crippen LogP contribution in [0.5, 0.6) is 0 Å². The van der Waals surface area contributed by atoms with Crippen LogP contribution in [-0.4, -0.2) is 25.9 Å². The fourth-order valence-electron chi connectivity index (χ4n) is 3.85. The first-order valence-electron chi connectivity index (χ1n) is 11.0. The third-order valence-electron chi connectivity index (χ3n) is 5.79. The fraction of sp³-hybridized carbons (Fsp3) is 0.214. The van der Waals surface area contributed by atoms with Crippen LogP contribution in [0.1, 0.15) is 31.9 Å². The van der Waals surface area contributed by atoms with Crippen molar-refractivity contribution in [2.75, 3.05) is 29.2 Å². The molecular formula is C28H29N3O2. The Morgan fingerprint density at radius 1 is 0.758 bits per heavy atom. The number of rotatable bonds is 5. The third kappa shape index (κ3) is 4.40. The SMILES string of the molecule is CN(C)c1ccc(NC2=C(c3ccccc3)C(=O)N(c3ccc(C(C)(C)C)cc3)C2=O)cc1. The maximum atomic E-state index is 13.5. The number of benzene rings is 3. The summed E-state index contributed by atoms with van der Waals surface area (Å²) >= 11 is 0. The molecule has 33 heavy (non-hydrogen) atoms. The smallest absolute Gasteiger partial charge is 0.282 e. The lowest BCUT2D eigenvalue weighted by atomic mass is 9.87. The molecule has 0 fully saturated rings. The van der Waals surface area contributed by atoms with E-state index in [2.05, 4.69) is 26.1 Å². The van der Waals surface area contributed by atoms with Crippen LogP contribution >= 0.6 is 0 Å². The van der Waals surface area contributed by atoms with Crippen LogP contribution in [0.25, 0.3) is 5.57 Å². The standard InChI is InChI=1S/C28H29N3O2/c1-28(2,3)20-11-15-23(16-12-20)31-26(32)24(19-9-7-6-8-10-19)25(27(31)33)29-21-13-17-22(18-14-21)30(4)5/h6-18,29H,1-5H3. The molecule has 1 aliphatic heterocycles. The van der Waals surface area contributed by atoms with E-state index >= 15 is 0 Å². The van der Waals surface area contributed by atoms with Gasteiger partial charge in [-0.3, -0.25) is 9.59 Å². The van der Waals surface area contributed by atoms with Crippen LogP contribution in [0.15, 0.2) is 84.6 Å². The summed E-state index contributed by atoms with van der Waals surface area (Å²) in [5.41, 5.74) is 4.84. The lowest BCUT2D eigenvalue weighted by Gasteiger charge is -2.21. The summed E-state index contributed by atoms with van der Waals surface area (Å²) in [5, 5.41) is 3.22. The van der Waals surface area contributed by atoms with Gasteiger partial charge in [0.25, 0.3) is 11.8 Å². The minimum atomic E-state index is -0.362. The van der Waals surface area contributed by atoms with E-state index < -0.39 is 0 Å². The van der Waals surface area contributed by atoms with Crippen LogP contribution < -0.4 is 15.1 Å². The van der Waals surface area contributed by atoms with Crippen molar-refractivity contribution in [3.05, 3.63) is 95.7 Å². The zero-order valence-corrected chi connectivity index (χ0v) is 19.7. The molecule has 0 bridgehead atoms. The number of carbonyl (C=O) groups is 2. The van der Waals surface area contributed by atoms with Crippen molar-refractivity contribution in [2.45, 2.75) is 26.2 Å². The Morgan fingerprint density at radius 2 is 1.36 bits per heavy atom. The zero-order valence-electron chi connectivity index (χ0n) is 19.7. The molecule has 3 aromatic rings. The Morgan fingerprint density at radius 3 is 1.91 bits per heavy atom. The number of hydrogen-bond acceptors (Lipinski definition) is 4. The van der Waals surface area contributed by atoms with Crippen LogP contribution in [0.3, 0.4) is 0 Å². The van der Waals surface area contributed by atoms with Crippen LogP contribution in [0, 0.1) is 0 Å². The topological polar surface area (TPSA) is 52.7 Å². The highest BCUT2D eigenvalue weighted by molar-refractivity contribution is 6.46. The van der Waals surface area contributed by atoms with E-state index in [1.807, 2.05) is 97.9 Å². The molecule has 2 amide bonds. The first kappa shape index (κ1) is 22.3. The van der Waals surface area contributed by atoms with Gasteiger partial charge in [-0.15, -0.1) is 0 Å². The molecule has 0 unspecified atom stereocenters. The summed E-state index contributed by atoms with van der Waals surface area (Å²) in [7, 11) is 3.95. The zero-order chi connectivity index (χ0) is 23.8. The normalized spacial score (nSPS) is 14.2. The van der Waals surface area contributed by atoms with Crippen molar-refractivity contribution in [3.63, 3.8) is 0 Å². The molecule has 1 heterocycles. The molecule has 5 nitrogen and oxygen atoms in total. The van der Waals surface area contributed by atoms with Gasteiger partial charge in [0, 0.05) is 25.5 Å². The van der Waals surface area contributed by atoms with E-state index in [1.165, 1.54) is 4.90 Å². The van der Waals surface area contributed by atoms with Crippen molar-refractivity contribution in [1.82, 2.24) is 0 Å². The van der Waals surface area contributed by atoms with E-state index in [0.29, 0.717) is 16.8 Å². The predicted octanol–water partition coefficient (Wildman–Crippen LogP) is 5.45. The summed E-state index contributed by atoms with van der Waals surface area (Å²) in [6.07, 6.45) is 0. The van der Waals surface area contributed by atoms with Gasteiger partial charge in [0.1, 0.15) is 5.70 Å². The number of hydrogen-bond donors (Lipinski definition) is 1. The molecule has 168 valence electrons.